The minimum absolute atomic E-state index is 0.0399. The second-order valence-electron chi connectivity index (χ2n) is 4.89. The van der Waals surface area contributed by atoms with E-state index in [9.17, 15) is 9.59 Å². The lowest BCUT2D eigenvalue weighted by atomic mass is 10.3. The number of nitrogens with zero attached hydrogens (tertiary/aromatic N) is 4. The zero-order valence-corrected chi connectivity index (χ0v) is 13.3. The topological polar surface area (TPSA) is 95.9 Å². The van der Waals surface area contributed by atoms with Gasteiger partial charge in [-0.1, -0.05) is 18.3 Å². The van der Waals surface area contributed by atoms with Gasteiger partial charge in [-0.15, -0.1) is 10.2 Å². The Morgan fingerprint density at radius 3 is 2.68 bits per heavy atom. The zero-order chi connectivity index (χ0) is 15.9. The number of carbonyl (C=O) groups is 2. The van der Waals surface area contributed by atoms with E-state index >= 15 is 0 Å². The predicted molar refractivity (Wildman–Crippen MR) is 81.2 cm³/mol. The maximum atomic E-state index is 12.3. The Morgan fingerprint density at radius 1 is 1.36 bits per heavy atom. The van der Waals surface area contributed by atoms with Crippen LogP contribution in [-0.2, 0) is 20.7 Å². The van der Waals surface area contributed by atoms with E-state index in [1.807, 2.05) is 6.92 Å². The Kier molecular flexibility index (Phi) is 6.08. The largest absolute Gasteiger partial charge is 0.481 e. The SMILES string of the molecule is CCc1nnc(N(CCC(=O)O)CC(=O)N2CCOCC2)s1. The maximum absolute atomic E-state index is 12.3. The first-order chi connectivity index (χ1) is 10.6. The minimum Gasteiger partial charge on any atom is -0.481 e. The molecule has 1 aromatic heterocycles. The molecule has 0 aromatic carbocycles. The highest BCUT2D eigenvalue weighted by Gasteiger charge is 2.22. The van der Waals surface area contributed by atoms with Gasteiger partial charge >= 0.3 is 5.97 Å². The lowest BCUT2D eigenvalue weighted by molar-refractivity contribution is -0.137. The number of morpholine rings is 1. The van der Waals surface area contributed by atoms with Crippen molar-refractivity contribution in [3.8, 4) is 0 Å². The molecule has 1 N–H and O–H groups in total. The van der Waals surface area contributed by atoms with Gasteiger partial charge in [0, 0.05) is 19.6 Å². The summed E-state index contributed by atoms with van der Waals surface area (Å²) in [4.78, 5) is 26.6. The van der Waals surface area contributed by atoms with Crippen LogP contribution in [0.2, 0.25) is 0 Å². The zero-order valence-electron chi connectivity index (χ0n) is 12.5. The number of hydrogen-bond donors (Lipinski definition) is 1. The fourth-order valence-corrected chi connectivity index (χ4v) is 2.87. The van der Waals surface area contributed by atoms with Gasteiger partial charge in [-0.3, -0.25) is 9.59 Å². The molecule has 0 aliphatic carbocycles. The van der Waals surface area contributed by atoms with Crippen LogP contribution in [0.3, 0.4) is 0 Å². The van der Waals surface area contributed by atoms with Crippen LogP contribution in [0.15, 0.2) is 0 Å². The van der Waals surface area contributed by atoms with E-state index in [1.165, 1.54) is 11.3 Å². The molecule has 1 fully saturated rings. The smallest absolute Gasteiger partial charge is 0.305 e. The average molecular weight is 328 g/mol. The number of ether oxygens (including phenoxy) is 1. The van der Waals surface area contributed by atoms with Gasteiger partial charge in [0.25, 0.3) is 0 Å². The molecule has 1 aromatic rings. The fraction of sp³-hybridized carbons (Fsp3) is 0.692. The van der Waals surface area contributed by atoms with Crippen LogP contribution in [0, 0.1) is 0 Å². The predicted octanol–water partition coefficient (Wildman–Crippen LogP) is 0.240. The average Bonchev–Trinajstić information content (AvgIpc) is 3.00. The molecule has 2 rings (SSSR count). The quantitative estimate of drug-likeness (QED) is 0.766. The van der Waals surface area contributed by atoms with Gasteiger partial charge in [0.1, 0.15) is 5.01 Å². The summed E-state index contributed by atoms with van der Waals surface area (Å²) in [5, 5.41) is 18.4. The van der Waals surface area contributed by atoms with E-state index in [2.05, 4.69) is 10.2 Å². The number of aliphatic carboxylic acids is 1. The standard InChI is InChI=1S/C13H20N4O4S/c1-2-10-14-15-13(22-10)17(4-3-12(19)20)9-11(18)16-5-7-21-8-6-16/h2-9H2,1H3,(H,19,20). The summed E-state index contributed by atoms with van der Waals surface area (Å²) < 4.78 is 5.23. The number of anilines is 1. The van der Waals surface area contributed by atoms with Crippen molar-refractivity contribution in [3.63, 3.8) is 0 Å². The van der Waals surface area contributed by atoms with E-state index in [0.717, 1.165) is 11.4 Å². The van der Waals surface area contributed by atoms with E-state index in [0.29, 0.717) is 31.4 Å². The Morgan fingerprint density at radius 2 is 2.09 bits per heavy atom. The van der Waals surface area contributed by atoms with Gasteiger partial charge in [0.15, 0.2) is 0 Å². The van der Waals surface area contributed by atoms with E-state index in [1.54, 1.807) is 9.80 Å². The Balaban J connectivity index is 2.02. The number of aryl methyl sites for hydroxylation is 1. The lowest BCUT2D eigenvalue weighted by Gasteiger charge is -2.29. The van der Waals surface area contributed by atoms with Gasteiger partial charge in [-0.05, 0) is 6.42 Å². The molecule has 1 aliphatic rings. The molecule has 0 atom stereocenters. The van der Waals surface area contributed by atoms with Crippen molar-refractivity contribution in [3.05, 3.63) is 5.01 Å². The molecule has 1 amide bonds. The fourth-order valence-electron chi connectivity index (χ4n) is 2.06. The van der Waals surface area contributed by atoms with Crippen molar-refractivity contribution >= 4 is 28.3 Å². The van der Waals surface area contributed by atoms with Crippen LogP contribution >= 0.6 is 11.3 Å². The third-order valence-electron chi connectivity index (χ3n) is 3.31. The number of carboxylic acids is 1. The van der Waals surface area contributed by atoms with Gasteiger partial charge in [-0.25, -0.2) is 0 Å². The number of aromatic nitrogens is 2. The van der Waals surface area contributed by atoms with Crippen molar-refractivity contribution in [2.24, 2.45) is 0 Å². The number of amides is 1. The number of carboxylic acid groups (broad SMARTS) is 1. The second kappa shape index (κ2) is 8.04. The summed E-state index contributed by atoms with van der Waals surface area (Å²) in [5.74, 6) is -0.939. The molecule has 0 unspecified atom stereocenters. The molecule has 1 aliphatic heterocycles. The van der Waals surface area contributed by atoms with Crippen molar-refractivity contribution in [2.45, 2.75) is 19.8 Å². The lowest BCUT2D eigenvalue weighted by Crippen LogP contribution is -2.46. The highest BCUT2D eigenvalue weighted by Crippen LogP contribution is 2.21. The first kappa shape index (κ1) is 16.6. The minimum atomic E-state index is -0.899. The first-order valence-electron chi connectivity index (χ1n) is 7.24. The summed E-state index contributed by atoms with van der Waals surface area (Å²) >= 11 is 1.40. The van der Waals surface area contributed by atoms with Crippen molar-refractivity contribution in [1.29, 1.82) is 0 Å². The summed E-state index contributed by atoms with van der Waals surface area (Å²) in [6, 6.07) is 0. The van der Waals surface area contributed by atoms with Gasteiger partial charge in [0.2, 0.25) is 11.0 Å². The number of rotatable bonds is 7. The molecule has 2 heterocycles. The molecule has 22 heavy (non-hydrogen) atoms. The van der Waals surface area contributed by atoms with E-state index in [4.69, 9.17) is 9.84 Å². The highest BCUT2D eigenvalue weighted by molar-refractivity contribution is 7.15. The number of carbonyl (C=O) groups excluding carboxylic acids is 1. The van der Waals surface area contributed by atoms with Gasteiger partial charge < -0.3 is 19.6 Å². The van der Waals surface area contributed by atoms with Gasteiger partial charge in [-0.2, -0.15) is 0 Å². The van der Waals surface area contributed by atoms with Crippen molar-refractivity contribution < 1.29 is 19.4 Å². The summed E-state index contributed by atoms with van der Waals surface area (Å²) in [6.45, 7) is 4.56. The van der Waals surface area contributed by atoms with Crippen LogP contribution in [0.4, 0.5) is 5.13 Å². The Hall–Kier alpha value is -1.74. The molecule has 9 heteroatoms. The maximum Gasteiger partial charge on any atom is 0.305 e. The van der Waals surface area contributed by atoms with Gasteiger partial charge in [0.05, 0.1) is 26.2 Å². The normalized spacial score (nSPS) is 14.9. The molecule has 122 valence electrons. The Bertz CT molecular complexity index is 516. The van der Waals surface area contributed by atoms with Crippen LogP contribution in [0.5, 0.6) is 0 Å². The highest BCUT2D eigenvalue weighted by atomic mass is 32.1. The third kappa shape index (κ3) is 4.63. The van der Waals surface area contributed by atoms with Crippen molar-refractivity contribution in [1.82, 2.24) is 15.1 Å². The van der Waals surface area contributed by atoms with Crippen LogP contribution < -0.4 is 4.90 Å². The molecule has 0 spiro atoms. The summed E-state index contributed by atoms with van der Waals surface area (Å²) in [6.07, 6.45) is 0.722. The monoisotopic (exact) mass is 328 g/mol. The first-order valence-corrected chi connectivity index (χ1v) is 8.06. The molecule has 8 nitrogen and oxygen atoms in total. The van der Waals surface area contributed by atoms with Crippen LogP contribution in [0.25, 0.3) is 0 Å². The molecule has 0 radical (unpaired) electrons. The van der Waals surface area contributed by atoms with Crippen LogP contribution in [0.1, 0.15) is 18.4 Å². The Labute approximate surface area is 132 Å². The molecular weight excluding hydrogens is 308 g/mol. The van der Waals surface area contributed by atoms with E-state index < -0.39 is 5.97 Å². The van der Waals surface area contributed by atoms with E-state index in [-0.39, 0.29) is 25.4 Å². The summed E-state index contributed by atoms with van der Waals surface area (Å²) in [5.41, 5.74) is 0. The molecule has 1 saturated heterocycles. The molecule has 0 bridgehead atoms. The molecular formula is C13H20N4O4S. The number of hydrogen-bond acceptors (Lipinski definition) is 7. The van der Waals surface area contributed by atoms with Crippen molar-refractivity contribution in [2.75, 3.05) is 44.3 Å². The summed E-state index contributed by atoms with van der Waals surface area (Å²) in [7, 11) is 0. The van der Waals surface area contributed by atoms with Crippen LogP contribution in [-0.4, -0.2) is 71.5 Å². The molecule has 0 saturated carbocycles. The second-order valence-corrected chi connectivity index (χ2v) is 5.93. The third-order valence-corrected chi connectivity index (χ3v) is 4.44.